The van der Waals surface area contributed by atoms with E-state index in [1.54, 1.807) is 12.1 Å². The maximum absolute atomic E-state index is 12.4. The third-order valence-corrected chi connectivity index (χ3v) is 5.67. The Balaban J connectivity index is 1.86. The van der Waals surface area contributed by atoms with Crippen LogP contribution in [0, 0.1) is 0 Å². The van der Waals surface area contributed by atoms with Crippen molar-refractivity contribution in [3.63, 3.8) is 0 Å². The highest BCUT2D eigenvalue weighted by Gasteiger charge is 2.19. The summed E-state index contributed by atoms with van der Waals surface area (Å²) >= 11 is 1.31. The molecule has 112 valence electrons. The van der Waals surface area contributed by atoms with E-state index in [2.05, 4.69) is 15.0 Å². The molecule has 0 aliphatic carbocycles. The molecule has 0 bridgehead atoms. The maximum Gasteiger partial charge on any atom is 0.263 e. The molecule has 5 nitrogen and oxygen atoms in total. The number of benzene rings is 1. The molecule has 21 heavy (non-hydrogen) atoms. The summed E-state index contributed by atoms with van der Waals surface area (Å²) in [5.41, 5.74) is 2.96. The number of thiazole rings is 1. The normalized spacial score (nSPS) is 14.0. The minimum atomic E-state index is -3.58. The molecule has 1 aromatic carbocycles. The molecule has 0 amide bonds. The molecule has 0 radical (unpaired) electrons. The molecular formula is C14H17N3O2S2. The summed E-state index contributed by atoms with van der Waals surface area (Å²) in [6, 6.07) is 5.17. The van der Waals surface area contributed by atoms with E-state index in [0.29, 0.717) is 5.13 Å². The molecule has 0 saturated carbocycles. The topological polar surface area (TPSA) is 71.1 Å². The number of aromatic nitrogens is 1. The van der Waals surface area contributed by atoms with Crippen molar-refractivity contribution in [1.82, 2.24) is 4.98 Å². The van der Waals surface area contributed by atoms with Gasteiger partial charge in [0.15, 0.2) is 5.13 Å². The zero-order valence-corrected chi connectivity index (χ0v) is 13.5. The predicted octanol–water partition coefficient (Wildman–Crippen LogP) is 3.04. The van der Waals surface area contributed by atoms with E-state index >= 15 is 0 Å². The van der Waals surface area contributed by atoms with Crippen LogP contribution in [0.15, 0.2) is 28.5 Å². The SMILES string of the molecule is CC(C)c1csc(NS(=O)(=O)c2ccc3c(c2)CCN3)n1. The molecule has 2 N–H and O–H groups in total. The monoisotopic (exact) mass is 323 g/mol. The second-order valence-corrected chi connectivity index (χ2v) is 7.87. The third-order valence-electron chi connectivity index (χ3n) is 3.43. The summed E-state index contributed by atoms with van der Waals surface area (Å²) in [6.07, 6.45) is 0.855. The largest absolute Gasteiger partial charge is 0.384 e. The molecule has 2 heterocycles. The molecule has 0 saturated heterocycles. The van der Waals surface area contributed by atoms with Gasteiger partial charge in [0.2, 0.25) is 0 Å². The minimum Gasteiger partial charge on any atom is -0.384 e. The van der Waals surface area contributed by atoms with Gasteiger partial charge in [-0.2, -0.15) is 0 Å². The zero-order chi connectivity index (χ0) is 15.0. The van der Waals surface area contributed by atoms with Crippen LogP contribution < -0.4 is 10.0 Å². The van der Waals surface area contributed by atoms with Gasteiger partial charge in [-0.1, -0.05) is 13.8 Å². The summed E-state index contributed by atoms with van der Waals surface area (Å²) in [7, 11) is -3.58. The first-order chi connectivity index (χ1) is 9.95. The predicted molar refractivity (Wildman–Crippen MR) is 85.6 cm³/mol. The zero-order valence-electron chi connectivity index (χ0n) is 11.9. The van der Waals surface area contributed by atoms with Crippen LogP contribution in [0.2, 0.25) is 0 Å². The van der Waals surface area contributed by atoms with Gasteiger partial charge < -0.3 is 5.32 Å². The Kier molecular flexibility index (Phi) is 3.62. The number of sulfonamides is 1. The lowest BCUT2D eigenvalue weighted by atomic mass is 10.2. The van der Waals surface area contributed by atoms with Gasteiger partial charge in [0.05, 0.1) is 10.6 Å². The summed E-state index contributed by atoms with van der Waals surface area (Å²) < 4.78 is 27.4. The fraction of sp³-hybridized carbons (Fsp3) is 0.357. The second-order valence-electron chi connectivity index (χ2n) is 5.33. The molecule has 0 spiro atoms. The molecule has 0 atom stereocenters. The van der Waals surface area contributed by atoms with Crippen LogP contribution in [0.5, 0.6) is 0 Å². The van der Waals surface area contributed by atoms with Gasteiger partial charge in [-0.15, -0.1) is 11.3 Å². The van der Waals surface area contributed by atoms with Crippen molar-refractivity contribution < 1.29 is 8.42 Å². The van der Waals surface area contributed by atoms with E-state index in [4.69, 9.17) is 0 Å². The van der Waals surface area contributed by atoms with Gasteiger partial charge in [-0.25, -0.2) is 13.4 Å². The van der Waals surface area contributed by atoms with Crippen molar-refractivity contribution in [1.29, 1.82) is 0 Å². The van der Waals surface area contributed by atoms with Crippen molar-refractivity contribution in [3.8, 4) is 0 Å². The number of fused-ring (bicyclic) bond motifs is 1. The van der Waals surface area contributed by atoms with Crippen LogP contribution in [-0.2, 0) is 16.4 Å². The number of nitrogens with zero attached hydrogens (tertiary/aromatic N) is 1. The van der Waals surface area contributed by atoms with Crippen LogP contribution in [0.25, 0.3) is 0 Å². The first-order valence-electron chi connectivity index (χ1n) is 6.81. The number of nitrogens with one attached hydrogen (secondary N) is 2. The van der Waals surface area contributed by atoms with Gasteiger partial charge in [-0.3, -0.25) is 4.72 Å². The van der Waals surface area contributed by atoms with Crippen molar-refractivity contribution >= 4 is 32.2 Å². The average molecular weight is 323 g/mol. The Labute approximate surface area is 128 Å². The number of anilines is 2. The summed E-state index contributed by atoms with van der Waals surface area (Å²) in [5, 5.41) is 5.52. The van der Waals surface area contributed by atoms with Gasteiger partial charge in [-0.05, 0) is 36.1 Å². The molecule has 7 heteroatoms. The highest BCUT2D eigenvalue weighted by atomic mass is 32.2. The first-order valence-corrected chi connectivity index (χ1v) is 9.17. The van der Waals surface area contributed by atoms with Crippen LogP contribution in [-0.4, -0.2) is 19.9 Å². The average Bonchev–Trinajstić information content (AvgIpc) is 3.05. The maximum atomic E-state index is 12.4. The van der Waals surface area contributed by atoms with E-state index in [1.165, 1.54) is 11.3 Å². The Morgan fingerprint density at radius 2 is 2.19 bits per heavy atom. The highest BCUT2D eigenvalue weighted by molar-refractivity contribution is 7.93. The van der Waals surface area contributed by atoms with Crippen molar-refractivity contribution in [2.24, 2.45) is 0 Å². The summed E-state index contributed by atoms with van der Waals surface area (Å²) in [5.74, 6) is 0.283. The lowest BCUT2D eigenvalue weighted by Gasteiger charge is -2.07. The van der Waals surface area contributed by atoms with E-state index < -0.39 is 10.0 Å². The van der Waals surface area contributed by atoms with E-state index in [1.807, 2.05) is 25.3 Å². The van der Waals surface area contributed by atoms with Gasteiger partial charge in [0, 0.05) is 17.6 Å². The molecular weight excluding hydrogens is 306 g/mol. The number of hydrogen-bond donors (Lipinski definition) is 2. The van der Waals surface area contributed by atoms with Gasteiger partial charge >= 0.3 is 0 Å². The Morgan fingerprint density at radius 3 is 2.90 bits per heavy atom. The molecule has 1 aliphatic heterocycles. The van der Waals surface area contributed by atoms with Crippen molar-refractivity contribution in [3.05, 3.63) is 34.8 Å². The molecule has 0 unspecified atom stereocenters. The number of rotatable bonds is 4. The lowest BCUT2D eigenvalue weighted by molar-refractivity contribution is 0.601. The van der Waals surface area contributed by atoms with Crippen LogP contribution >= 0.6 is 11.3 Å². The Hall–Kier alpha value is -1.60. The van der Waals surface area contributed by atoms with Crippen LogP contribution in [0.1, 0.15) is 31.0 Å². The summed E-state index contributed by atoms with van der Waals surface area (Å²) in [6.45, 7) is 4.91. The third kappa shape index (κ3) is 2.89. The van der Waals surface area contributed by atoms with E-state index in [0.717, 1.165) is 29.9 Å². The fourth-order valence-electron chi connectivity index (χ4n) is 2.22. The molecule has 3 rings (SSSR count). The van der Waals surface area contributed by atoms with Crippen molar-refractivity contribution in [2.75, 3.05) is 16.6 Å². The molecule has 1 aliphatic rings. The fourth-order valence-corrected chi connectivity index (χ4v) is 4.40. The van der Waals surface area contributed by atoms with E-state index in [9.17, 15) is 8.42 Å². The smallest absolute Gasteiger partial charge is 0.263 e. The molecule has 1 aromatic heterocycles. The second kappa shape index (κ2) is 5.31. The standard InChI is InChI=1S/C14H17N3O2S2/c1-9(2)13-8-20-14(16-13)17-21(18,19)11-3-4-12-10(7-11)5-6-15-12/h3-4,7-9,15H,5-6H2,1-2H3,(H,16,17). The number of hydrogen-bond acceptors (Lipinski definition) is 5. The minimum absolute atomic E-state index is 0.283. The Bertz CT molecular complexity index is 766. The highest BCUT2D eigenvalue weighted by Crippen LogP contribution is 2.27. The van der Waals surface area contributed by atoms with Gasteiger partial charge in [0.25, 0.3) is 10.0 Å². The lowest BCUT2D eigenvalue weighted by Crippen LogP contribution is -2.13. The van der Waals surface area contributed by atoms with Crippen LogP contribution in [0.4, 0.5) is 10.8 Å². The van der Waals surface area contributed by atoms with Crippen molar-refractivity contribution in [2.45, 2.75) is 31.1 Å². The Morgan fingerprint density at radius 1 is 1.38 bits per heavy atom. The molecule has 0 fully saturated rings. The summed E-state index contributed by atoms with van der Waals surface area (Å²) in [4.78, 5) is 4.59. The van der Waals surface area contributed by atoms with E-state index in [-0.39, 0.29) is 10.8 Å². The first kappa shape index (κ1) is 14.3. The quantitative estimate of drug-likeness (QED) is 0.907. The molecule has 2 aromatic rings. The van der Waals surface area contributed by atoms with Gasteiger partial charge in [0.1, 0.15) is 0 Å². The van der Waals surface area contributed by atoms with Crippen LogP contribution in [0.3, 0.4) is 0 Å².